The molecule has 1 aliphatic heterocycles. The van der Waals surface area contributed by atoms with Crippen LogP contribution in [0, 0.1) is 0 Å². The number of rotatable bonds is 2. The van der Waals surface area contributed by atoms with Gasteiger partial charge in [0.15, 0.2) is 5.11 Å². The van der Waals surface area contributed by atoms with Crippen molar-refractivity contribution in [3.8, 4) is 0 Å². The molecule has 2 nitrogen and oxygen atoms in total. The van der Waals surface area contributed by atoms with Crippen LogP contribution in [0.15, 0.2) is 43.0 Å². The molecule has 0 radical (unpaired) electrons. The number of benzene rings is 1. The van der Waals surface area contributed by atoms with E-state index < -0.39 is 0 Å². The fourth-order valence-electron chi connectivity index (χ4n) is 1.61. The first-order chi connectivity index (χ1) is 6.83. The number of hydrogen-bond acceptors (Lipinski definition) is 1. The van der Waals surface area contributed by atoms with Gasteiger partial charge in [0, 0.05) is 12.2 Å². The van der Waals surface area contributed by atoms with Crippen molar-refractivity contribution >= 4 is 23.0 Å². The van der Waals surface area contributed by atoms with E-state index in [1.165, 1.54) is 0 Å². The summed E-state index contributed by atoms with van der Waals surface area (Å²) in [5.74, 6) is 0. The summed E-state index contributed by atoms with van der Waals surface area (Å²) >= 11 is 5.23. The Morgan fingerprint density at radius 3 is 2.79 bits per heavy atom. The maximum Gasteiger partial charge on any atom is 0.174 e. The average Bonchev–Trinajstić information content (AvgIpc) is 2.61. The quantitative estimate of drug-likeness (QED) is 0.585. The predicted molar refractivity (Wildman–Crippen MR) is 63.5 cm³/mol. The Bertz CT molecular complexity index is 348. The van der Waals surface area contributed by atoms with Gasteiger partial charge in [0.2, 0.25) is 0 Å². The molecule has 0 aliphatic carbocycles. The summed E-state index contributed by atoms with van der Waals surface area (Å²) in [6, 6.07) is 10.4. The van der Waals surface area contributed by atoms with Crippen LogP contribution in [-0.2, 0) is 0 Å². The second-order valence-electron chi connectivity index (χ2n) is 3.19. The molecule has 1 aromatic carbocycles. The largest absolute Gasteiger partial charge is 0.360 e. The van der Waals surface area contributed by atoms with Gasteiger partial charge in [-0.1, -0.05) is 24.3 Å². The van der Waals surface area contributed by atoms with E-state index in [0.29, 0.717) is 0 Å². The second-order valence-corrected chi connectivity index (χ2v) is 3.58. The number of thiocarbonyl (C=S) groups is 1. The molecule has 1 saturated heterocycles. The highest BCUT2D eigenvalue weighted by Crippen LogP contribution is 2.20. The Hall–Kier alpha value is -1.35. The minimum atomic E-state index is 0.268. The summed E-state index contributed by atoms with van der Waals surface area (Å²) in [5.41, 5.74) is 1.12. The average molecular weight is 204 g/mol. The zero-order chi connectivity index (χ0) is 9.97. The number of anilines is 1. The number of nitrogens with zero attached hydrogens (tertiary/aromatic N) is 1. The van der Waals surface area contributed by atoms with Crippen molar-refractivity contribution in [2.75, 3.05) is 11.4 Å². The third-order valence-electron chi connectivity index (χ3n) is 2.32. The molecular weight excluding hydrogens is 192 g/mol. The fourth-order valence-corrected chi connectivity index (χ4v) is 1.93. The van der Waals surface area contributed by atoms with Crippen LogP contribution >= 0.6 is 12.2 Å². The molecule has 1 aromatic rings. The van der Waals surface area contributed by atoms with Crippen LogP contribution < -0.4 is 10.2 Å². The van der Waals surface area contributed by atoms with E-state index in [-0.39, 0.29) is 6.04 Å². The van der Waals surface area contributed by atoms with E-state index in [9.17, 15) is 0 Å². The topological polar surface area (TPSA) is 15.3 Å². The van der Waals surface area contributed by atoms with Crippen LogP contribution in [0.1, 0.15) is 0 Å². The predicted octanol–water partition coefficient (Wildman–Crippen LogP) is 1.94. The minimum absolute atomic E-state index is 0.268. The molecule has 0 spiro atoms. The zero-order valence-electron chi connectivity index (χ0n) is 7.81. The van der Waals surface area contributed by atoms with Crippen molar-refractivity contribution < 1.29 is 0 Å². The summed E-state index contributed by atoms with van der Waals surface area (Å²) in [7, 11) is 0. The number of para-hydroxylation sites is 1. The summed E-state index contributed by atoms with van der Waals surface area (Å²) in [6.45, 7) is 4.66. The highest BCUT2D eigenvalue weighted by Gasteiger charge is 2.26. The molecule has 2 rings (SSSR count). The van der Waals surface area contributed by atoms with Gasteiger partial charge in [0.1, 0.15) is 0 Å². The third kappa shape index (κ3) is 1.51. The normalized spacial score (nSPS) is 20.7. The Morgan fingerprint density at radius 2 is 2.14 bits per heavy atom. The highest BCUT2D eigenvalue weighted by atomic mass is 32.1. The van der Waals surface area contributed by atoms with Crippen LogP contribution in [0.2, 0.25) is 0 Å². The van der Waals surface area contributed by atoms with Crippen LogP contribution in [0.5, 0.6) is 0 Å². The van der Waals surface area contributed by atoms with Crippen molar-refractivity contribution in [2.24, 2.45) is 0 Å². The molecule has 1 aliphatic rings. The molecule has 72 valence electrons. The summed E-state index contributed by atoms with van der Waals surface area (Å²) in [4.78, 5) is 2.09. The van der Waals surface area contributed by atoms with Crippen LogP contribution in [0.25, 0.3) is 0 Å². The molecule has 0 aromatic heterocycles. The first kappa shape index (κ1) is 9.21. The Morgan fingerprint density at radius 1 is 1.43 bits per heavy atom. The van der Waals surface area contributed by atoms with E-state index in [1.54, 1.807) is 0 Å². The van der Waals surface area contributed by atoms with E-state index in [4.69, 9.17) is 12.2 Å². The Kier molecular flexibility index (Phi) is 2.50. The van der Waals surface area contributed by atoms with Gasteiger partial charge in [-0.25, -0.2) is 0 Å². The van der Waals surface area contributed by atoms with Gasteiger partial charge in [0.05, 0.1) is 6.04 Å². The Labute approximate surface area is 89.2 Å². The van der Waals surface area contributed by atoms with Crippen molar-refractivity contribution in [3.05, 3.63) is 43.0 Å². The number of hydrogen-bond donors (Lipinski definition) is 1. The molecule has 3 heteroatoms. The minimum Gasteiger partial charge on any atom is -0.360 e. The molecule has 1 atom stereocenters. The van der Waals surface area contributed by atoms with Gasteiger partial charge in [-0.15, -0.1) is 6.58 Å². The first-order valence-corrected chi connectivity index (χ1v) is 4.98. The maximum atomic E-state index is 5.23. The van der Waals surface area contributed by atoms with Crippen LogP contribution in [0.3, 0.4) is 0 Å². The second kappa shape index (κ2) is 3.80. The molecule has 0 amide bonds. The molecule has 14 heavy (non-hydrogen) atoms. The number of nitrogens with one attached hydrogen (secondary N) is 1. The van der Waals surface area contributed by atoms with E-state index in [2.05, 4.69) is 28.9 Å². The lowest BCUT2D eigenvalue weighted by molar-refractivity contribution is 0.842. The van der Waals surface area contributed by atoms with Gasteiger partial charge >= 0.3 is 0 Å². The Balaban J connectivity index is 2.32. The molecular formula is C11H12N2S. The lowest BCUT2D eigenvalue weighted by atomic mass is 10.2. The zero-order valence-corrected chi connectivity index (χ0v) is 8.63. The van der Waals surface area contributed by atoms with Gasteiger partial charge in [-0.2, -0.15) is 0 Å². The molecule has 1 unspecified atom stereocenters. The van der Waals surface area contributed by atoms with Gasteiger partial charge < -0.3 is 10.2 Å². The molecule has 0 saturated carbocycles. The standard InChI is InChI=1S/C11H12N2S/c1-2-9-8-12-11(14)13(9)10-6-4-3-5-7-10/h2-7,9H,1,8H2,(H,12,14). The SMILES string of the molecule is C=CC1CNC(=S)N1c1ccccc1. The van der Waals surface area contributed by atoms with Crippen molar-refractivity contribution in [1.82, 2.24) is 5.32 Å². The lowest BCUT2D eigenvalue weighted by Crippen LogP contribution is -2.32. The lowest BCUT2D eigenvalue weighted by Gasteiger charge is -2.22. The fraction of sp³-hybridized carbons (Fsp3) is 0.182. The van der Waals surface area contributed by atoms with Crippen molar-refractivity contribution in [2.45, 2.75) is 6.04 Å². The van der Waals surface area contributed by atoms with Crippen molar-refractivity contribution in [3.63, 3.8) is 0 Å². The monoisotopic (exact) mass is 204 g/mol. The third-order valence-corrected chi connectivity index (χ3v) is 2.66. The highest BCUT2D eigenvalue weighted by molar-refractivity contribution is 7.80. The van der Waals surface area contributed by atoms with E-state index in [1.807, 2.05) is 24.3 Å². The van der Waals surface area contributed by atoms with Gasteiger partial charge in [-0.05, 0) is 24.4 Å². The smallest absolute Gasteiger partial charge is 0.174 e. The summed E-state index contributed by atoms with van der Waals surface area (Å²) < 4.78 is 0. The van der Waals surface area contributed by atoms with Crippen LogP contribution in [-0.4, -0.2) is 17.7 Å². The van der Waals surface area contributed by atoms with E-state index in [0.717, 1.165) is 17.3 Å². The van der Waals surface area contributed by atoms with Crippen molar-refractivity contribution in [1.29, 1.82) is 0 Å². The summed E-state index contributed by atoms with van der Waals surface area (Å²) in [6.07, 6.45) is 1.92. The molecule has 1 heterocycles. The summed E-state index contributed by atoms with van der Waals surface area (Å²) in [5, 5.41) is 3.93. The van der Waals surface area contributed by atoms with Crippen LogP contribution in [0.4, 0.5) is 5.69 Å². The maximum absolute atomic E-state index is 5.23. The van der Waals surface area contributed by atoms with Gasteiger partial charge in [0.25, 0.3) is 0 Å². The van der Waals surface area contributed by atoms with E-state index >= 15 is 0 Å². The molecule has 1 N–H and O–H groups in total. The molecule has 0 bridgehead atoms. The van der Waals surface area contributed by atoms with Gasteiger partial charge in [-0.3, -0.25) is 0 Å². The molecule has 1 fully saturated rings. The first-order valence-electron chi connectivity index (χ1n) is 4.57.